The molecule has 26 heavy (non-hydrogen) atoms. The monoisotopic (exact) mass is 364 g/mol. The van der Waals surface area contributed by atoms with Crippen LogP contribution in [0.3, 0.4) is 0 Å². The quantitative estimate of drug-likeness (QED) is 0.797. The highest BCUT2D eigenvalue weighted by Crippen LogP contribution is 2.37. The Bertz CT molecular complexity index is 970. The fraction of sp³-hybridized carbons (Fsp3) is 0.294. The topological polar surface area (TPSA) is 90.7 Å². The summed E-state index contributed by atoms with van der Waals surface area (Å²) in [4.78, 5) is 12.5. The second-order valence-corrected chi connectivity index (χ2v) is 5.77. The Morgan fingerprint density at radius 3 is 2.38 bits per heavy atom. The number of nitrogens with zero attached hydrogens (tertiary/aromatic N) is 4. The summed E-state index contributed by atoms with van der Waals surface area (Å²) in [6.07, 6.45) is -4.63. The van der Waals surface area contributed by atoms with Crippen LogP contribution in [0.1, 0.15) is 36.6 Å². The van der Waals surface area contributed by atoms with Crippen LogP contribution in [0.15, 0.2) is 39.3 Å². The lowest BCUT2D eigenvalue weighted by molar-refractivity contribution is -0.137. The number of aromatic nitrogens is 1. The standard InChI is InChI=1S/C17H15F3N4O2/c1-9(2)24-15(25)11(8-21)10(3)14(16(24)26)23-22-13-7-5-4-6-12(13)17(18,19)20/h4-7,9,25H,1-3H3. The first-order valence-corrected chi connectivity index (χ1v) is 7.55. The molecule has 0 aliphatic rings. The van der Waals surface area contributed by atoms with Gasteiger partial charge in [-0.1, -0.05) is 12.1 Å². The molecule has 6 nitrogen and oxygen atoms in total. The third-order valence-electron chi connectivity index (χ3n) is 3.70. The minimum absolute atomic E-state index is 0.0418. The van der Waals surface area contributed by atoms with E-state index in [2.05, 4.69) is 10.2 Å². The van der Waals surface area contributed by atoms with E-state index >= 15 is 0 Å². The number of hydrogen-bond donors (Lipinski definition) is 1. The second kappa shape index (κ2) is 7.00. The lowest BCUT2D eigenvalue weighted by Gasteiger charge is -2.15. The van der Waals surface area contributed by atoms with Crippen molar-refractivity contribution in [2.24, 2.45) is 10.2 Å². The zero-order valence-electron chi connectivity index (χ0n) is 14.2. The first-order valence-electron chi connectivity index (χ1n) is 7.55. The summed E-state index contributed by atoms with van der Waals surface area (Å²) in [6.45, 7) is 4.59. The second-order valence-electron chi connectivity index (χ2n) is 5.77. The number of alkyl halides is 3. The van der Waals surface area contributed by atoms with Crippen LogP contribution < -0.4 is 5.56 Å². The van der Waals surface area contributed by atoms with Crippen molar-refractivity contribution in [1.29, 1.82) is 5.26 Å². The Labute approximate surface area is 146 Å². The van der Waals surface area contributed by atoms with Gasteiger partial charge in [-0.25, -0.2) is 0 Å². The third-order valence-corrected chi connectivity index (χ3v) is 3.70. The molecule has 1 aromatic heterocycles. The van der Waals surface area contributed by atoms with Crippen molar-refractivity contribution in [2.75, 3.05) is 0 Å². The van der Waals surface area contributed by atoms with Crippen molar-refractivity contribution in [1.82, 2.24) is 4.57 Å². The van der Waals surface area contributed by atoms with Crippen molar-refractivity contribution in [3.63, 3.8) is 0 Å². The highest BCUT2D eigenvalue weighted by molar-refractivity contribution is 5.57. The van der Waals surface area contributed by atoms with E-state index in [-0.39, 0.29) is 16.8 Å². The first kappa shape index (κ1) is 19.2. The molecule has 0 fully saturated rings. The summed E-state index contributed by atoms with van der Waals surface area (Å²) < 4.78 is 40.0. The van der Waals surface area contributed by atoms with Gasteiger partial charge in [0.1, 0.15) is 11.6 Å². The van der Waals surface area contributed by atoms with Gasteiger partial charge in [-0.2, -0.15) is 18.4 Å². The number of pyridine rings is 1. The molecule has 0 atom stereocenters. The molecule has 0 saturated carbocycles. The Kier molecular flexibility index (Phi) is 5.16. The maximum Gasteiger partial charge on any atom is 0.418 e. The summed E-state index contributed by atoms with van der Waals surface area (Å²) in [5, 5.41) is 26.6. The normalized spacial score (nSPS) is 11.9. The van der Waals surface area contributed by atoms with Crippen LogP contribution in [0, 0.1) is 18.3 Å². The molecular formula is C17H15F3N4O2. The average Bonchev–Trinajstić information content (AvgIpc) is 2.54. The van der Waals surface area contributed by atoms with E-state index in [1.165, 1.54) is 19.1 Å². The van der Waals surface area contributed by atoms with Gasteiger partial charge in [0.05, 0.1) is 11.3 Å². The Hall–Kier alpha value is -3.15. The fourth-order valence-corrected chi connectivity index (χ4v) is 2.41. The van der Waals surface area contributed by atoms with Gasteiger partial charge < -0.3 is 5.11 Å². The van der Waals surface area contributed by atoms with Crippen LogP contribution in [0.5, 0.6) is 5.88 Å². The van der Waals surface area contributed by atoms with E-state index in [4.69, 9.17) is 0 Å². The van der Waals surface area contributed by atoms with Crippen LogP contribution in [0.4, 0.5) is 24.5 Å². The molecule has 0 saturated heterocycles. The zero-order chi connectivity index (χ0) is 19.6. The molecule has 9 heteroatoms. The predicted molar refractivity (Wildman–Crippen MR) is 87.8 cm³/mol. The molecule has 136 valence electrons. The zero-order valence-corrected chi connectivity index (χ0v) is 14.2. The van der Waals surface area contributed by atoms with Gasteiger partial charge in [0.2, 0.25) is 5.88 Å². The van der Waals surface area contributed by atoms with Gasteiger partial charge in [0.15, 0.2) is 5.69 Å². The van der Waals surface area contributed by atoms with Gasteiger partial charge in [-0.05, 0) is 32.9 Å². The highest BCUT2D eigenvalue weighted by atomic mass is 19.4. The first-order chi connectivity index (χ1) is 12.1. The van der Waals surface area contributed by atoms with Crippen molar-refractivity contribution < 1.29 is 18.3 Å². The third kappa shape index (κ3) is 3.44. The van der Waals surface area contributed by atoms with Crippen LogP contribution in [-0.4, -0.2) is 9.67 Å². The summed E-state index contributed by atoms with van der Waals surface area (Å²) in [5.74, 6) is -0.514. The van der Waals surface area contributed by atoms with Crippen molar-refractivity contribution in [2.45, 2.75) is 33.0 Å². The molecule has 2 rings (SSSR count). The van der Waals surface area contributed by atoms with Gasteiger partial charge in [0.25, 0.3) is 5.56 Å². The molecule has 0 unspecified atom stereocenters. The van der Waals surface area contributed by atoms with Crippen molar-refractivity contribution in [3.05, 3.63) is 51.3 Å². The number of azo groups is 1. The van der Waals surface area contributed by atoms with Crippen molar-refractivity contribution in [3.8, 4) is 11.9 Å². The number of hydrogen-bond acceptors (Lipinski definition) is 5. The van der Waals surface area contributed by atoms with Gasteiger partial charge >= 0.3 is 6.18 Å². The van der Waals surface area contributed by atoms with Gasteiger partial charge in [-0.3, -0.25) is 9.36 Å². The minimum atomic E-state index is -4.63. The van der Waals surface area contributed by atoms with E-state index in [9.17, 15) is 28.3 Å². The lowest BCUT2D eigenvalue weighted by atomic mass is 10.1. The smallest absolute Gasteiger partial charge is 0.418 e. The van der Waals surface area contributed by atoms with Crippen LogP contribution in [0.2, 0.25) is 0 Å². The Morgan fingerprint density at radius 1 is 1.23 bits per heavy atom. The van der Waals surface area contributed by atoms with E-state index in [1.807, 2.05) is 0 Å². The summed E-state index contributed by atoms with van der Waals surface area (Å²) in [6, 6.07) is 5.82. The molecule has 0 amide bonds. The van der Waals surface area contributed by atoms with E-state index in [0.717, 1.165) is 16.7 Å². The van der Waals surface area contributed by atoms with E-state index in [0.29, 0.717) is 0 Å². The van der Waals surface area contributed by atoms with Crippen molar-refractivity contribution >= 4 is 11.4 Å². The molecule has 0 spiro atoms. The maximum absolute atomic E-state index is 13.0. The highest BCUT2D eigenvalue weighted by Gasteiger charge is 2.33. The van der Waals surface area contributed by atoms with Crippen LogP contribution in [0.25, 0.3) is 0 Å². The predicted octanol–water partition coefficient (Wildman–Crippen LogP) is 4.75. The molecule has 0 radical (unpaired) electrons. The average molecular weight is 364 g/mol. The molecule has 2 aromatic rings. The molecule has 0 bridgehead atoms. The van der Waals surface area contributed by atoms with E-state index < -0.39 is 34.9 Å². The number of aromatic hydroxyl groups is 1. The lowest BCUT2D eigenvalue weighted by Crippen LogP contribution is -2.23. The number of rotatable bonds is 3. The van der Waals surface area contributed by atoms with Crippen LogP contribution in [-0.2, 0) is 6.18 Å². The summed E-state index contributed by atoms with van der Waals surface area (Å²) >= 11 is 0. The Morgan fingerprint density at radius 2 is 1.85 bits per heavy atom. The summed E-state index contributed by atoms with van der Waals surface area (Å²) in [7, 11) is 0. The molecular weight excluding hydrogens is 349 g/mol. The molecule has 0 aliphatic carbocycles. The maximum atomic E-state index is 13.0. The summed E-state index contributed by atoms with van der Waals surface area (Å²) in [5.41, 5.74) is -2.64. The number of halogens is 3. The number of benzene rings is 1. The van der Waals surface area contributed by atoms with E-state index in [1.54, 1.807) is 19.9 Å². The molecule has 1 N–H and O–H groups in total. The minimum Gasteiger partial charge on any atom is -0.493 e. The number of nitriles is 1. The molecule has 1 heterocycles. The largest absolute Gasteiger partial charge is 0.493 e. The van der Waals surface area contributed by atoms with Gasteiger partial charge in [0, 0.05) is 11.6 Å². The van der Waals surface area contributed by atoms with Crippen LogP contribution >= 0.6 is 0 Å². The fourth-order valence-electron chi connectivity index (χ4n) is 2.41. The molecule has 1 aromatic carbocycles. The Balaban J connectivity index is 2.70. The SMILES string of the molecule is Cc1c(C#N)c(O)n(C(C)C)c(=O)c1N=Nc1ccccc1C(F)(F)F. The van der Waals surface area contributed by atoms with Gasteiger partial charge in [-0.15, -0.1) is 10.2 Å². The molecule has 0 aliphatic heterocycles.